The number of hydrogen-bond acceptors (Lipinski definition) is 6. The van der Waals surface area contributed by atoms with Crippen molar-refractivity contribution in [2.75, 3.05) is 11.1 Å². The number of carbonyl (C=O) groups is 2. The first-order chi connectivity index (χ1) is 12.0. The number of benzene rings is 2. The molecule has 2 aromatic rings. The fourth-order valence-corrected chi connectivity index (χ4v) is 2.72. The van der Waals surface area contributed by atoms with Gasteiger partial charge in [0.2, 0.25) is 0 Å². The number of nitrogens with one attached hydrogen (secondary N) is 1. The van der Waals surface area contributed by atoms with Crippen LogP contribution < -0.4 is 5.32 Å². The minimum atomic E-state index is -0.973. The Labute approximate surface area is 148 Å². The van der Waals surface area contributed by atoms with E-state index in [0.29, 0.717) is 10.6 Å². The van der Waals surface area contributed by atoms with E-state index < -0.39 is 22.9 Å². The van der Waals surface area contributed by atoms with E-state index in [1.165, 1.54) is 13.0 Å². The third-order valence-corrected chi connectivity index (χ3v) is 4.16. The highest BCUT2D eigenvalue weighted by Gasteiger charge is 2.19. The molecule has 0 saturated heterocycles. The van der Waals surface area contributed by atoms with Crippen molar-refractivity contribution in [2.45, 2.75) is 17.9 Å². The van der Waals surface area contributed by atoms with E-state index in [4.69, 9.17) is 4.74 Å². The van der Waals surface area contributed by atoms with Crippen molar-refractivity contribution in [3.05, 3.63) is 64.7 Å². The van der Waals surface area contributed by atoms with Gasteiger partial charge < -0.3 is 10.1 Å². The molecule has 0 unspecified atom stereocenters. The molecule has 7 nitrogen and oxygen atoms in total. The average molecular weight is 360 g/mol. The lowest BCUT2D eigenvalue weighted by molar-refractivity contribution is -0.387. The van der Waals surface area contributed by atoms with Gasteiger partial charge in [-0.15, -0.1) is 11.8 Å². The van der Waals surface area contributed by atoms with Gasteiger partial charge >= 0.3 is 5.97 Å². The molecule has 2 rings (SSSR count). The quantitative estimate of drug-likeness (QED) is 0.352. The molecule has 0 spiro atoms. The number of nitro benzene ring substituents is 1. The molecule has 130 valence electrons. The molecule has 0 aliphatic heterocycles. The second-order valence-corrected chi connectivity index (χ2v) is 6.02. The maximum Gasteiger partial charge on any atom is 0.317 e. The summed E-state index contributed by atoms with van der Waals surface area (Å²) < 4.78 is 5.06. The number of carbonyl (C=O) groups excluding carboxylic acids is 2. The van der Waals surface area contributed by atoms with E-state index in [1.807, 2.05) is 6.07 Å². The van der Waals surface area contributed by atoms with Gasteiger partial charge in [0.1, 0.15) is 0 Å². The van der Waals surface area contributed by atoms with Crippen LogP contribution in [0.1, 0.15) is 6.92 Å². The number of thioether (sulfide) groups is 1. The Balaban J connectivity index is 1.85. The van der Waals surface area contributed by atoms with Gasteiger partial charge in [-0.2, -0.15) is 0 Å². The Bertz CT molecular complexity index is 767. The monoisotopic (exact) mass is 360 g/mol. The van der Waals surface area contributed by atoms with Gasteiger partial charge in [0.05, 0.1) is 15.6 Å². The zero-order valence-corrected chi connectivity index (χ0v) is 14.2. The van der Waals surface area contributed by atoms with E-state index in [-0.39, 0.29) is 11.4 Å². The Hall–Kier alpha value is -2.87. The number of esters is 1. The lowest BCUT2D eigenvalue weighted by atomic mass is 10.3. The highest BCUT2D eigenvalue weighted by Crippen LogP contribution is 2.28. The Kier molecular flexibility index (Phi) is 6.53. The summed E-state index contributed by atoms with van der Waals surface area (Å²) >= 11 is 0.993. The summed E-state index contributed by atoms with van der Waals surface area (Å²) in [6.07, 6.45) is -0.973. The lowest BCUT2D eigenvalue weighted by Gasteiger charge is -2.13. The van der Waals surface area contributed by atoms with Crippen LogP contribution in [0.4, 0.5) is 11.4 Å². The molecule has 0 heterocycles. The van der Waals surface area contributed by atoms with E-state index in [0.717, 1.165) is 11.8 Å². The largest absolute Gasteiger partial charge is 0.452 e. The molecule has 0 bridgehead atoms. The van der Waals surface area contributed by atoms with Crippen molar-refractivity contribution in [1.29, 1.82) is 0 Å². The summed E-state index contributed by atoms with van der Waals surface area (Å²) in [4.78, 5) is 34.6. The molecule has 0 radical (unpaired) electrons. The van der Waals surface area contributed by atoms with Gasteiger partial charge in [-0.3, -0.25) is 19.7 Å². The maximum atomic E-state index is 12.0. The minimum Gasteiger partial charge on any atom is -0.452 e. The zero-order chi connectivity index (χ0) is 18.2. The molecule has 0 aromatic heterocycles. The number of anilines is 1. The SMILES string of the molecule is C[C@H](OC(=O)CSc1ccccc1[N+](=O)[O-])C(=O)Nc1ccccc1. The molecule has 2 aromatic carbocycles. The first kappa shape index (κ1) is 18.5. The summed E-state index contributed by atoms with van der Waals surface area (Å²) in [5.41, 5.74) is 0.528. The highest BCUT2D eigenvalue weighted by molar-refractivity contribution is 8.00. The molecule has 0 aliphatic carbocycles. The van der Waals surface area contributed by atoms with Gasteiger partial charge in [-0.1, -0.05) is 30.3 Å². The lowest BCUT2D eigenvalue weighted by Crippen LogP contribution is -2.30. The van der Waals surface area contributed by atoms with E-state index in [2.05, 4.69) is 5.32 Å². The van der Waals surface area contributed by atoms with Gasteiger partial charge in [-0.05, 0) is 25.1 Å². The van der Waals surface area contributed by atoms with Crippen LogP contribution in [0.2, 0.25) is 0 Å². The Morgan fingerprint density at radius 2 is 1.80 bits per heavy atom. The van der Waals surface area contributed by atoms with E-state index in [1.54, 1.807) is 42.5 Å². The summed E-state index contributed by atoms with van der Waals surface area (Å²) in [6.45, 7) is 1.46. The normalized spacial score (nSPS) is 11.4. The summed E-state index contributed by atoms with van der Waals surface area (Å²) in [5.74, 6) is -1.21. The van der Waals surface area contributed by atoms with Crippen molar-refractivity contribution in [2.24, 2.45) is 0 Å². The molecule has 0 aliphatic rings. The number of amides is 1. The molecule has 8 heteroatoms. The summed E-state index contributed by atoms with van der Waals surface area (Å²) in [7, 11) is 0. The zero-order valence-electron chi connectivity index (χ0n) is 13.4. The second-order valence-electron chi connectivity index (χ2n) is 5.00. The summed E-state index contributed by atoms with van der Waals surface area (Å²) in [5, 5.41) is 13.6. The van der Waals surface area contributed by atoms with Crippen molar-refractivity contribution < 1.29 is 19.2 Å². The maximum absolute atomic E-state index is 12.0. The van der Waals surface area contributed by atoms with Crippen LogP contribution in [0, 0.1) is 10.1 Å². The summed E-state index contributed by atoms with van der Waals surface area (Å²) in [6, 6.07) is 14.9. The van der Waals surface area contributed by atoms with Gasteiger partial charge in [0.15, 0.2) is 6.10 Å². The smallest absolute Gasteiger partial charge is 0.317 e. The molecule has 1 N–H and O–H groups in total. The van der Waals surface area contributed by atoms with Crippen molar-refractivity contribution in [3.8, 4) is 0 Å². The van der Waals surface area contributed by atoms with Crippen molar-refractivity contribution >= 4 is 35.0 Å². The number of para-hydroxylation sites is 2. The van der Waals surface area contributed by atoms with E-state index in [9.17, 15) is 19.7 Å². The Morgan fingerprint density at radius 3 is 2.48 bits per heavy atom. The third-order valence-electron chi connectivity index (χ3n) is 3.13. The predicted octanol–water partition coefficient (Wildman–Crippen LogP) is 3.26. The van der Waals surface area contributed by atoms with Crippen LogP contribution in [0.5, 0.6) is 0 Å². The Morgan fingerprint density at radius 1 is 1.16 bits per heavy atom. The predicted molar refractivity (Wildman–Crippen MR) is 94.4 cm³/mol. The van der Waals surface area contributed by atoms with Crippen LogP contribution in [-0.2, 0) is 14.3 Å². The van der Waals surface area contributed by atoms with Gasteiger partial charge in [-0.25, -0.2) is 0 Å². The van der Waals surface area contributed by atoms with Crippen LogP contribution in [-0.4, -0.2) is 28.7 Å². The number of hydrogen-bond donors (Lipinski definition) is 1. The first-order valence-corrected chi connectivity index (χ1v) is 8.37. The average Bonchev–Trinajstić information content (AvgIpc) is 2.61. The second kappa shape index (κ2) is 8.84. The first-order valence-electron chi connectivity index (χ1n) is 7.39. The van der Waals surface area contributed by atoms with Crippen LogP contribution >= 0.6 is 11.8 Å². The van der Waals surface area contributed by atoms with Crippen LogP contribution in [0.25, 0.3) is 0 Å². The number of ether oxygens (including phenoxy) is 1. The molecular formula is C17H16N2O5S. The topological polar surface area (TPSA) is 98.5 Å². The molecule has 1 amide bonds. The highest BCUT2D eigenvalue weighted by atomic mass is 32.2. The fourth-order valence-electron chi connectivity index (χ4n) is 1.92. The van der Waals surface area contributed by atoms with Crippen molar-refractivity contribution in [1.82, 2.24) is 0 Å². The number of nitro groups is 1. The number of rotatable bonds is 7. The number of nitrogens with zero attached hydrogens (tertiary/aromatic N) is 1. The molecule has 1 atom stereocenters. The van der Waals surface area contributed by atoms with Crippen molar-refractivity contribution in [3.63, 3.8) is 0 Å². The van der Waals surface area contributed by atoms with E-state index >= 15 is 0 Å². The molecule has 0 saturated carbocycles. The van der Waals surface area contributed by atoms with Gasteiger partial charge in [0, 0.05) is 11.8 Å². The molecule has 0 fully saturated rings. The molecule has 25 heavy (non-hydrogen) atoms. The standard InChI is InChI=1S/C17H16N2O5S/c1-12(17(21)18-13-7-3-2-4-8-13)24-16(20)11-25-15-10-6-5-9-14(15)19(22)23/h2-10,12H,11H2,1H3,(H,18,21)/t12-/m0/s1. The van der Waals surface area contributed by atoms with Crippen LogP contribution in [0.15, 0.2) is 59.5 Å². The molecular weight excluding hydrogens is 344 g/mol. The van der Waals surface area contributed by atoms with Gasteiger partial charge in [0.25, 0.3) is 11.6 Å². The fraction of sp³-hybridized carbons (Fsp3) is 0.176. The minimum absolute atomic E-state index is 0.0739. The third kappa shape index (κ3) is 5.61. The van der Waals surface area contributed by atoms with Crippen LogP contribution in [0.3, 0.4) is 0 Å².